The SMILES string of the molecule is CC(C)(CCC(=O)O)NC(=O)c1cc(F)cc(F)c1. The number of carbonyl (C=O) groups excluding carboxylic acids is 1. The number of halogens is 2. The van der Waals surface area contributed by atoms with Crippen molar-refractivity contribution in [3.8, 4) is 0 Å². The molecule has 19 heavy (non-hydrogen) atoms. The molecular formula is C13H15F2NO3. The van der Waals surface area contributed by atoms with Crippen molar-refractivity contribution >= 4 is 11.9 Å². The Bertz CT molecular complexity index is 480. The highest BCUT2D eigenvalue weighted by Crippen LogP contribution is 2.14. The fourth-order valence-corrected chi connectivity index (χ4v) is 1.55. The minimum Gasteiger partial charge on any atom is -0.481 e. The van der Waals surface area contributed by atoms with Gasteiger partial charge in [0, 0.05) is 23.6 Å². The van der Waals surface area contributed by atoms with Crippen LogP contribution in [0.2, 0.25) is 0 Å². The molecule has 0 saturated heterocycles. The van der Waals surface area contributed by atoms with Crippen molar-refractivity contribution in [2.75, 3.05) is 0 Å². The van der Waals surface area contributed by atoms with Gasteiger partial charge in [-0.25, -0.2) is 8.78 Å². The summed E-state index contributed by atoms with van der Waals surface area (Å²) in [6.45, 7) is 3.28. The lowest BCUT2D eigenvalue weighted by atomic mass is 9.97. The first kappa shape index (κ1) is 15.1. The summed E-state index contributed by atoms with van der Waals surface area (Å²) in [7, 11) is 0. The third kappa shape index (κ3) is 5.03. The molecule has 4 nitrogen and oxygen atoms in total. The molecule has 0 spiro atoms. The van der Waals surface area contributed by atoms with Gasteiger partial charge in [-0.1, -0.05) is 0 Å². The second-order valence-corrected chi connectivity index (χ2v) is 4.89. The monoisotopic (exact) mass is 271 g/mol. The predicted octanol–water partition coefficient (Wildman–Crippen LogP) is 2.34. The summed E-state index contributed by atoms with van der Waals surface area (Å²) in [6, 6.07) is 2.52. The van der Waals surface area contributed by atoms with Gasteiger partial charge in [0.15, 0.2) is 0 Å². The van der Waals surface area contributed by atoms with E-state index in [-0.39, 0.29) is 18.4 Å². The number of amides is 1. The molecule has 0 heterocycles. The maximum absolute atomic E-state index is 13.0. The first-order chi connectivity index (χ1) is 8.69. The van der Waals surface area contributed by atoms with Gasteiger partial charge in [-0.15, -0.1) is 0 Å². The number of carboxylic acids is 1. The average Bonchev–Trinajstić information content (AvgIpc) is 2.24. The van der Waals surface area contributed by atoms with Gasteiger partial charge in [0.1, 0.15) is 11.6 Å². The fraction of sp³-hybridized carbons (Fsp3) is 0.385. The Morgan fingerprint density at radius 1 is 1.21 bits per heavy atom. The molecule has 2 N–H and O–H groups in total. The van der Waals surface area contributed by atoms with Crippen LogP contribution in [0.4, 0.5) is 8.78 Å². The van der Waals surface area contributed by atoms with Gasteiger partial charge in [0.2, 0.25) is 0 Å². The van der Waals surface area contributed by atoms with E-state index in [0.717, 1.165) is 12.1 Å². The van der Waals surface area contributed by atoms with Crippen molar-refractivity contribution in [3.05, 3.63) is 35.4 Å². The number of aliphatic carboxylic acids is 1. The van der Waals surface area contributed by atoms with Gasteiger partial charge in [-0.05, 0) is 32.4 Å². The van der Waals surface area contributed by atoms with Crippen molar-refractivity contribution in [2.24, 2.45) is 0 Å². The highest BCUT2D eigenvalue weighted by molar-refractivity contribution is 5.94. The Kier molecular flexibility index (Phi) is 4.58. The zero-order valence-electron chi connectivity index (χ0n) is 10.7. The van der Waals surface area contributed by atoms with E-state index in [1.54, 1.807) is 13.8 Å². The van der Waals surface area contributed by atoms with E-state index in [1.165, 1.54) is 0 Å². The van der Waals surface area contributed by atoms with Crippen LogP contribution in [0.3, 0.4) is 0 Å². The molecule has 0 bridgehead atoms. The van der Waals surface area contributed by atoms with Gasteiger partial charge in [0.25, 0.3) is 5.91 Å². The van der Waals surface area contributed by atoms with Gasteiger partial charge in [-0.3, -0.25) is 9.59 Å². The molecule has 1 rings (SSSR count). The summed E-state index contributed by atoms with van der Waals surface area (Å²) in [6.07, 6.45) is 0.108. The maximum Gasteiger partial charge on any atom is 0.303 e. The number of carboxylic acid groups (broad SMARTS) is 1. The van der Waals surface area contributed by atoms with E-state index in [2.05, 4.69) is 5.32 Å². The largest absolute Gasteiger partial charge is 0.481 e. The molecule has 1 aromatic carbocycles. The van der Waals surface area contributed by atoms with E-state index in [4.69, 9.17) is 5.11 Å². The predicted molar refractivity (Wildman–Crippen MR) is 64.8 cm³/mol. The van der Waals surface area contributed by atoms with Crippen molar-refractivity contribution in [2.45, 2.75) is 32.2 Å². The molecule has 0 aliphatic rings. The Morgan fingerprint density at radius 3 is 2.21 bits per heavy atom. The summed E-state index contributed by atoms with van der Waals surface area (Å²) >= 11 is 0. The lowest BCUT2D eigenvalue weighted by Gasteiger charge is -2.25. The highest BCUT2D eigenvalue weighted by atomic mass is 19.1. The molecule has 1 aromatic rings. The average molecular weight is 271 g/mol. The summed E-state index contributed by atoms with van der Waals surface area (Å²) in [5.41, 5.74) is -0.918. The highest BCUT2D eigenvalue weighted by Gasteiger charge is 2.22. The van der Waals surface area contributed by atoms with E-state index in [9.17, 15) is 18.4 Å². The molecule has 0 fully saturated rings. The number of rotatable bonds is 5. The molecule has 0 aromatic heterocycles. The molecule has 104 valence electrons. The van der Waals surface area contributed by atoms with Gasteiger partial charge in [0.05, 0.1) is 0 Å². The number of nitrogens with one attached hydrogen (secondary N) is 1. The lowest BCUT2D eigenvalue weighted by Crippen LogP contribution is -2.43. The van der Waals surface area contributed by atoms with Crippen LogP contribution in [0.25, 0.3) is 0 Å². The van der Waals surface area contributed by atoms with Gasteiger partial charge >= 0.3 is 5.97 Å². The van der Waals surface area contributed by atoms with Gasteiger partial charge < -0.3 is 10.4 Å². The maximum atomic E-state index is 13.0. The van der Waals surface area contributed by atoms with E-state index >= 15 is 0 Å². The second kappa shape index (κ2) is 5.77. The quantitative estimate of drug-likeness (QED) is 0.863. The molecule has 0 atom stereocenters. The van der Waals surface area contributed by atoms with E-state index in [0.29, 0.717) is 6.07 Å². The molecule has 0 aliphatic carbocycles. The Balaban J connectivity index is 2.75. The summed E-state index contributed by atoms with van der Waals surface area (Å²) in [4.78, 5) is 22.3. The number of carbonyl (C=O) groups is 2. The third-order valence-electron chi connectivity index (χ3n) is 2.54. The van der Waals surface area contributed by atoms with E-state index < -0.39 is 29.0 Å². The normalized spacial score (nSPS) is 11.2. The number of hydrogen-bond acceptors (Lipinski definition) is 2. The molecule has 0 unspecified atom stereocenters. The molecule has 6 heteroatoms. The number of hydrogen-bond donors (Lipinski definition) is 2. The van der Waals surface area contributed by atoms with Crippen LogP contribution < -0.4 is 5.32 Å². The molecule has 0 aliphatic heterocycles. The van der Waals surface area contributed by atoms with Crippen LogP contribution in [0, 0.1) is 11.6 Å². The standard InChI is InChI=1S/C13H15F2NO3/c1-13(2,4-3-11(17)18)16-12(19)8-5-9(14)7-10(15)6-8/h5-7H,3-4H2,1-2H3,(H,16,19)(H,17,18). The van der Waals surface area contributed by atoms with Crippen LogP contribution in [-0.2, 0) is 4.79 Å². The molecule has 1 amide bonds. The fourth-order valence-electron chi connectivity index (χ4n) is 1.55. The second-order valence-electron chi connectivity index (χ2n) is 4.89. The molecule has 0 saturated carbocycles. The minimum atomic E-state index is -0.973. The molecular weight excluding hydrogens is 256 g/mol. The summed E-state index contributed by atoms with van der Waals surface area (Å²) in [5.74, 6) is -3.30. The van der Waals surface area contributed by atoms with Crippen molar-refractivity contribution < 1.29 is 23.5 Å². The zero-order chi connectivity index (χ0) is 14.6. The lowest BCUT2D eigenvalue weighted by molar-refractivity contribution is -0.137. The van der Waals surface area contributed by atoms with Crippen molar-refractivity contribution in [3.63, 3.8) is 0 Å². The topological polar surface area (TPSA) is 66.4 Å². The zero-order valence-corrected chi connectivity index (χ0v) is 10.7. The summed E-state index contributed by atoms with van der Waals surface area (Å²) in [5, 5.41) is 11.1. The van der Waals surface area contributed by atoms with Crippen LogP contribution in [0.1, 0.15) is 37.0 Å². The first-order valence-corrected chi connectivity index (χ1v) is 5.70. The Morgan fingerprint density at radius 2 is 1.74 bits per heavy atom. The third-order valence-corrected chi connectivity index (χ3v) is 2.54. The van der Waals surface area contributed by atoms with Crippen molar-refractivity contribution in [1.82, 2.24) is 5.32 Å². The smallest absolute Gasteiger partial charge is 0.303 e. The Hall–Kier alpha value is -1.98. The minimum absolute atomic E-state index is 0.106. The van der Waals surface area contributed by atoms with Crippen LogP contribution in [-0.4, -0.2) is 22.5 Å². The first-order valence-electron chi connectivity index (χ1n) is 5.70. The Labute approximate surface area is 109 Å². The van der Waals surface area contributed by atoms with Crippen molar-refractivity contribution in [1.29, 1.82) is 0 Å². The van der Waals surface area contributed by atoms with Crippen LogP contribution in [0.5, 0.6) is 0 Å². The van der Waals surface area contributed by atoms with E-state index in [1.807, 2.05) is 0 Å². The van der Waals surface area contributed by atoms with Gasteiger partial charge in [-0.2, -0.15) is 0 Å². The summed E-state index contributed by atoms with van der Waals surface area (Å²) < 4.78 is 26.0. The molecule has 0 radical (unpaired) electrons. The van der Waals surface area contributed by atoms with Crippen LogP contribution >= 0.6 is 0 Å². The number of benzene rings is 1. The van der Waals surface area contributed by atoms with Crippen LogP contribution in [0.15, 0.2) is 18.2 Å².